The molecule has 0 saturated heterocycles. The lowest BCUT2D eigenvalue weighted by atomic mass is 10.3. The second kappa shape index (κ2) is 7.28. The Morgan fingerprint density at radius 3 is 3.00 bits per heavy atom. The van der Waals surface area contributed by atoms with E-state index in [1.807, 2.05) is 0 Å². The lowest BCUT2D eigenvalue weighted by molar-refractivity contribution is -0.124. The molecule has 1 N–H and O–H groups in total. The van der Waals surface area contributed by atoms with Crippen molar-refractivity contribution < 1.29 is 9.53 Å². The molecule has 2 aromatic rings. The Kier molecular flexibility index (Phi) is 5.41. The van der Waals surface area contributed by atoms with E-state index >= 15 is 0 Å². The number of nitrogens with one attached hydrogen (secondary N) is 1. The molecule has 0 unspecified atom stereocenters. The van der Waals surface area contributed by atoms with Crippen molar-refractivity contribution in [3.8, 4) is 5.75 Å². The lowest BCUT2D eigenvalue weighted by Crippen LogP contribution is -2.34. The molecule has 2 rings (SSSR count). The predicted molar refractivity (Wildman–Crippen MR) is 79.7 cm³/mol. The van der Waals surface area contributed by atoms with Crippen molar-refractivity contribution in [2.45, 2.75) is 13.0 Å². The normalized spacial score (nSPS) is 12.0. The largest absolute Gasteiger partial charge is 0.490 e. The van der Waals surface area contributed by atoms with Gasteiger partial charge in [-0.15, -0.1) is 0 Å². The Morgan fingerprint density at radius 2 is 2.29 bits per heavy atom. The topological polar surface area (TPSA) is 69.0 Å². The van der Waals surface area contributed by atoms with Crippen molar-refractivity contribution in [1.29, 1.82) is 0 Å². The molecule has 21 heavy (non-hydrogen) atoms. The van der Waals surface area contributed by atoms with E-state index in [0.717, 1.165) is 0 Å². The number of amides is 1. The van der Waals surface area contributed by atoms with Crippen molar-refractivity contribution >= 4 is 29.1 Å². The van der Waals surface area contributed by atoms with Gasteiger partial charge in [0.05, 0.1) is 11.6 Å². The van der Waals surface area contributed by atoms with Crippen LogP contribution in [-0.2, 0) is 4.79 Å². The van der Waals surface area contributed by atoms with Crippen molar-refractivity contribution in [3.05, 3.63) is 40.9 Å². The Hall–Kier alpha value is -1.79. The van der Waals surface area contributed by atoms with Gasteiger partial charge >= 0.3 is 0 Å². The maximum absolute atomic E-state index is 11.9. The number of ether oxygens (including phenoxy) is 1. The van der Waals surface area contributed by atoms with Crippen LogP contribution in [0.4, 0.5) is 0 Å². The molecule has 0 aliphatic rings. The van der Waals surface area contributed by atoms with Gasteiger partial charge in [0, 0.05) is 0 Å². The van der Waals surface area contributed by atoms with E-state index in [9.17, 15) is 4.79 Å². The van der Waals surface area contributed by atoms with Crippen LogP contribution in [0.15, 0.2) is 30.9 Å². The third-order valence-corrected chi connectivity index (χ3v) is 3.59. The number of hydrogen-bond donors (Lipinski definition) is 1. The summed E-state index contributed by atoms with van der Waals surface area (Å²) in [6.45, 7) is 2.37. The van der Waals surface area contributed by atoms with E-state index in [4.69, 9.17) is 27.9 Å². The molecule has 0 aliphatic carbocycles. The van der Waals surface area contributed by atoms with Crippen molar-refractivity contribution in [1.82, 2.24) is 20.1 Å². The number of hydrogen-bond acceptors (Lipinski definition) is 4. The standard InChI is InChI=1S/C13H14Cl2N4O2/c1-9(19-8-16-7-18-19)13(20)17-5-6-21-11-4-2-3-10(14)12(11)15/h2-4,7-9H,5-6H2,1H3,(H,17,20)/t9-/m0/s1. The summed E-state index contributed by atoms with van der Waals surface area (Å²) in [5, 5.41) is 7.45. The summed E-state index contributed by atoms with van der Waals surface area (Å²) in [7, 11) is 0. The van der Waals surface area contributed by atoms with Crippen LogP contribution in [0.1, 0.15) is 13.0 Å². The first-order valence-electron chi connectivity index (χ1n) is 6.28. The SMILES string of the molecule is C[C@@H](C(=O)NCCOc1cccc(Cl)c1Cl)n1cncn1. The monoisotopic (exact) mass is 328 g/mol. The third-order valence-electron chi connectivity index (χ3n) is 2.79. The summed E-state index contributed by atoms with van der Waals surface area (Å²) < 4.78 is 6.95. The molecule has 1 atom stereocenters. The fraction of sp³-hybridized carbons (Fsp3) is 0.308. The van der Waals surface area contributed by atoms with Gasteiger partial charge in [0.15, 0.2) is 0 Å². The van der Waals surface area contributed by atoms with Gasteiger partial charge in [0.25, 0.3) is 0 Å². The van der Waals surface area contributed by atoms with Gasteiger partial charge in [0.1, 0.15) is 36.1 Å². The number of halogens is 2. The van der Waals surface area contributed by atoms with Gasteiger partial charge in [-0.05, 0) is 19.1 Å². The molecule has 112 valence electrons. The zero-order valence-corrected chi connectivity index (χ0v) is 12.8. The van der Waals surface area contributed by atoms with E-state index in [1.165, 1.54) is 17.3 Å². The quantitative estimate of drug-likeness (QED) is 0.826. The second-order valence-corrected chi connectivity index (χ2v) is 5.03. The molecule has 1 aromatic carbocycles. The van der Waals surface area contributed by atoms with Gasteiger partial charge in [-0.2, -0.15) is 5.10 Å². The van der Waals surface area contributed by atoms with Crippen LogP contribution >= 0.6 is 23.2 Å². The number of aromatic nitrogens is 3. The minimum absolute atomic E-state index is 0.165. The van der Waals surface area contributed by atoms with Crippen LogP contribution < -0.4 is 10.1 Å². The molecule has 0 spiro atoms. The molecule has 1 aromatic heterocycles. The minimum atomic E-state index is -0.428. The summed E-state index contributed by atoms with van der Waals surface area (Å²) in [5.74, 6) is 0.323. The molecule has 0 radical (unpaired) electrons. The van der Waals surface area contributed by atoms with E-state index in [1.54, 1.807) is 25.1 Å². The van der Waals surface area contributed by atoms with E-state index < -0.39 is 6.04 Å². The average Bonchev–Trinajstić information content (AvgIpc) is 3.01. The molecule has 0 aliphatic heterocycles. The van der Waals surface area contributed by atoms with Gasteiger partial charge in [-0.1, -0.05) is 29.3 Å². The Morgan fingerprint density at radius 1 is 1.48 bits per heavy atom. The lowest BCUT2D eigenvalue weighted by Gasteiger charge is -2.13. The Labute approximate surface area is 132 Å². The zero-order chi connectivity index (χ0) is 15.2. The minimum Gasteiger partial charge on any atom is -0.490 e. The summed E-state index contributed by atoms with van der Waals surface area (Å²) in [6.07, 6.45) is 2.88. The van der Waals surface area contributed by atoms with Crippen LogP contribution in [0.25, 0.3) is 0 Å². The van der Waals surface area contributed by atoms with Crippen LogP contribution in [0.5, 0.6) is 5.75 Å². The molecule has 6 nitrogen and oxygen atoms in total. The molecular formula is C13H14Cl2N4O2. The zero-order valence-electron chi connectivity index (χ0n) is 11.3. The summed E-state index contributed by atoms with van der Waals surface area (Å²) >= 11 is 11.9. The van der Waals surface area contributed by atoms with E-state index in [2.05, 4.69) is 15.4 Å². The van der Waals surface area contributed by atoms with E-state index in [0.29, 0.717) is 22.3 Å². The number of benzene rings is 1. The molecule has 1 heterocycles. The summed E-state index contributed by atoms with van der Waals surface area (Å²) in [6, 6.07) is 4.71. The van der Waals surface area contributed by atoms with Crippen LogP contribution in [0, 0.1) is 0 Å². The number of rotatable bonds is 6. The third kappa shape index (κ3) is 4.09. The fourth-order valence-electron chi connectivity index (χ4n) is 1.62. The Bertz CT molecular complexity index is 604. The van der Waals surface area contributed by atoms with Gasteiger partial charge < -0.3 is 10.1 Å². The highest BCUT2D eigenvalue weighted by Crippen LogP contribution is 2.31. The number of nitrogens with zero attached hydrogens (tertiary/aromatic N) is 3. The number of carbonyl (C=O) groups is 1. The smallest absolute Gasteiger partial charge is 0.244 e. The summed E-state index contributed by atoms with van der Waals surface area (Å²) in [4.78, 5) is 15.7. The first-order valence-corrected chi connectivity index (χ1v) is 7.04. The number of carbonyl (C=O) groups excluding carboxylic acids is 1. The molecule has 8 heteroatoms. The summed E-state index contributed by atoms with van der Waals surface area (Å²) in [5.41, 5.74) is 0. The highest BCUT2D eigenvalue weighted by molar-refractivity contribution is 6.42. The first-order chi connectivity index (χ1) is 10.1. The Balaban J connectivity index is 1.77. The van der Waals surface area contributed by atoms with Crippen LogP contribution in [0.3, 0.4) is 0 Å². The van der Waals surface area contributed by atoms with E-state index in [-0.39, 0.29) is 12.5 Å². The average molecular weight is 329 g/mol. The highest BCUT2D eigenvalue weighted by Gasteiger charge is 2.14. The fourth-order valence-corrected chi connectivity index (χ4v) is 1.96. The van der Waals surface area contributed by atoms with Gasteiger partial charge in [0.2, 0.25) is 5.91 Å². The molecule has 1 amide bonds. The molecule has 0 saturated carbocycles. The van der Waals surface area contributed by atoms with Crippen LogP contribution in [0.2, 0.25) is 10.0 Å². The van der Waals surface area contributed by atoms with Crippen molar-refractivity contribution in [2.24, 2.45) is 0 Å². The van der Waals surface area contributed by atoms with Crippen LogP contribution in [-0.4, -0.2) is 33.8 Å². The second-order valence-electron chi connectivity index (χ2n) is 4.24. The van der Waals surface area contributed by atoms with Crippen molar-refractivity contribution in [3.63, 3.8) is 0 Å². The van der Waals surface area contributed by atoms with Gasteiger partial charge in [-0.3, -0.25) is 4.79 Å². The van der Waals surface area contributed by atoms with Gasteiger partial charge in [-0.25, -0.2) is 9.67 Å². The molecule has 0 fully saturated rings. The maximum atomic E-state index is 11.9. The molecular weight excluding hydrogens is 315 g/mol. The molecule has 0 bridgehead atoms. The van der Waals surface area contributed by atoms with Crippen molar-refractivity contribution in [2.75, 3.05) is 13.2 Å². The highest BCUT2D eigenvalue weighted by atomic mass is 35.5. The maximum Gasteiger partial charge on any atom is 0.244 e. The predicted octanol–water partition coefficient (Wildman–Crippen LogP) is 2.34. The first kappa shape index (κ1) is 15.6.